The van der Waals surface area contributed by atoms with Crippen LogP contribution in [0, 0.1) is 11.3 Å². The molecule has 4 aromatic carbocycles. The Hall–Kier alpha value is -4.35. The van der Waals surface area contributed by atoms with Crippen LogP contribution in [0.5, 0.6) is 23.0 Å². The topological polar surface area (TPSA) is 104 Å². The minimum atomic E-state index is -0.612. The van der Waals surface area contributed by atoms with Crippen LogP contribution in [-0.4, -0.2) is 12.6 Å². The van der Waals surface area contributed by atoms with Gasteiger partial charge in [0.2, 0.25) is 5.88 Å². The first kappa shape index (κ1) is 28.2. The van der Waals surface area contributed by atoms with Crippen LogP contribution in [0.1, 0.15) is 22.6 Å². The number of nitrogens with zero attached hydrogens (tertiary/aromatic N) is 1. The molecule has 0 spiro atoms. The molecule has 0 saturated heterocycles. The summed E-state index contributed by atoms with van der Waals surface area (Å²) in [5.41, 5.74) is 8.60. The predicted octanol–water partition coefficient (Wildman–Crippen LogP) is 7.43. The fourth-order valence-electron chi connectivity index (χ4n) is 4.26. The normalized spacial score (nSPS) is 14.0. The van der Waals surface area contributed by atoms with E-state index in [4.69, 9.17) is 59.5 Å². The number of esters is 1. The van der Waals surface area contributed by atoms with Crippen LogP contribution >= 0.6 is 34.8 Å². The summed E-state index contributed by atoms with van der Waals surface area (Å²) in [4.78, 5) is 12.4. The third kappa shape index (κ3) is 6.69. The first-order valence-electron chi connectivity index (χ1n) is 12.3. The number of benzene rings is 4. The lowest BCUT2D eigenvalue weighted by atomic mass is 9.83. The largest absolute Gasteiger partial charge is 0.489 e. The summed E-state index contributed by atoms with van der Waals surface area (Å²) in [6, 6.07) is 26.2. The Morgan fingerprint density at radius 2 is 1.63 bits per heavy atom. The first-order valence-corrected chi connectivity index (χ1v) is 13.4. The molecular weight excluding hydrogens is 587 g/mol. The van der Waals surface area contributed by atoms with Crippen molar-refractivity contribution >= 4 is 40.8 Å². The third-order valence-electron chi connectivity index (χ3n) is 6.19. The summed E-state index contributed by atoms with van der Waals surface area (Å²) in [5, 5.41) is 11.5. The van der Waals surface area contributed by atoms with Gasteiger partial charge in [-0.2, -0.15) is 5.26 Å². The summed E-state index contributed by atoms with van der Waals surface area (Å²) in [6.07, 6.45) is 0. The molecule has 1 aliphatic heterocycles. The summed E-state index contributed by atoms with van der Waals surface area (Å²) >= 11 is 18.1. The molecular formula is C31H21Cl3N2O5. The van der Waals surface area contributed by atoms with Crippen molar-refractivity contribution in [1.82, 2.24) is 0 Å². The predicted molar refractivity (Wildman–Crippen MR) is 156 cm³/mol. The lowest BCUT2D eigenvalue weighted by Gasteiger charge is -2.27. The molecule has 10 heteroatoms. The van der Waals surface area contributed by atoms with Gasteiger partial charge in [0.1, 0.15) is 41.2 Å². The quantitative estimate of drug-likeness (QED) is 0.164. The number of ether oxygens (including phenoxy) is 4. The number of carbonyl (C=O) groups excluding carboxylic acids is 1. The molecule has 0 saturated carbocycles. The highest BCUT2D eigenvalue weighted by Crippen LogP contribution is 2.44. The molecule has 0 bridgehead atoms. The number of fused-ring (bicyclic) bond motifs is 1. The van der Waals surface area contributed by atoms with Gasteiger partial charge in [-0.1, -0.05) is 59.1 Å². The Morgan fingerprint density at radius 1 is 0.878 bits per heavy atom. The van der Waals surface area contributed by atoms with Crippen LogP contribution in [0.15, 0.2) is 96.4 Å². The van der Waals surface area contributed by atoms with E-state index in [0.717, 1.165) is 11.1 Å². The number of hydrogen-bond acceptors (Lipinski definition) is 7. The average molecular weight is 608 g/mol. The highest BCUT2D eigenvalue weighted by atomic mass is 35.5. The molecule has 41 heavy (non-hydrogen) atoms. The van der Waals surface area contributed by atoms with Gasteiger partial charge in [-0.05, 0) is 60.2 Å². The SMILES string of the molecule is N#CC1=C(N)Oc2cc(OC(=O)COc3ccc(Cl)cc3)ccc2C1c1cccc(OCc2ccc(Cl)cc2Cl)c1. The second-order valence-corrected chi connectivity index (χ2v) is 10.2. The maximum Gasteiger partial charge on any atom is 0.349 e. The molecule has 1 heterocycles. The molecule has 1 aliphatic rings. The van der Waals surface area contributed by atoms with E-state index in [-0.39, 0.29) is 30.4 Å². The van der Waals surface area contributed by atoms with Gasteiger partial charge in [-0.3, -0.25) is 0 Å². The molecule has 0 amide bonds. The van der Waals surface area contributed by atoms with E-state index in [1.807, 2.05) is 18.2 Å². The Balaban J connectivity index is 1.34. The Morgan fingerprint density at radius 3 is 2.39 bits per heavy atom. The molecule has 0 fully saturated rings. The highest BCUT2D eigenvalue weighted by molar-refractivity contribution is 6.35. The van der Waals surface area contributed by atoms with E-state index in [1.165, 1.54) is 0 Å². The van der Waals surface area contributed by atoms with Gasteiger partial charge in [-0.15, -0.1) is 0 Å². The van der Waals surface area contributed by atoms with Crippen molar-refractivity contribution in [2.75, 3.05) is 6.61 Å². The number of nitrogens with two attached hydrogens (primary N) is 1. The van der Waals surface area contributed by atoms with Crippen molar-refractivity contribution in [2.24, 2.45) is 5.73 Å². The number of rotatable bonds is 8. The maximum absolute atomic E-state index is 12.4. The summed E-state index contributed by atoms with van der Waals surface area (Å²) in [7, 11) is 0. The molecule has 1 atom stereocenters. The van der Waals surface area contributed by atoms with Gasteiger partial charge in [0, 0.05) is 32.3 Å². The Bertz CT molecular complexity index is 1680. The van der Waals surface area contributed by atoms with Gasteiger partial charge in [0.25, 0.3) is 0 Å². The van der Waals surface area contributed by atoms with Crippen LogP contribution in [0.2, 0.25) is 15.1 Å². The molecule has 206 valence electrons. The molecule has 7 nitrogen and oxygen atoms in total. The zero-order valence-corrected chi connectivity index (χ0v) is 23.5. The van der Waals surface area contributed by atoms with E-state index < -0.39 is 11.9 Å². The minimum Gasteiger partial charge on any atom is -0.489 e. The molecule has 1 unspecified atom stereocenters. The van der Waals surface area contributed by atoms with Crippen LogP contribution in [0.4, 0.5) is 0 Å². The van der Waals surface area contributed by atoms with Crippen LogP contribution in [0.3, 0.4) is 0 Å². The number of halogens is 3. The van der Waals surface area contributed by atoms with E-state index in [1.54, 1.807) is 66.7 Å². The Kier molecular flexibility index (Phi) is 8.55. The van der Waals surface area contributed by atoms with E-state index in [0.29, 0.717) is 37.9 Å². The average Bonchev–Trinajstić information content (AvgIpc) is 2.96. The zero-order chi connectivity index (χ0) is 28.9. The molecule has 0 aliphatic carbocycles. The number of allylic oxidation sites excluding steroid dienone is 1. The van der Waals surface area contributed by atoms with Crippen molar-refractivity contribution < 1.29 is 23.7 Å². The second-order valence-electron chi connectivity index (χ2n) is 8.94. The molecule has 5 rings (SSSR count). The van der Waals surface area contributed by atoms with Crippen molar-refractivity contribution in [3.63, 3.8) is 0 Å². The molecule has 0 radical (unpaired) electrons. The van der Waals surface area contributed by atoms with Crippen LogP contribution in [0.25, 0.3) is 0 Å². The number of carbonyl (C=O) groups is 1. The van der Waals surface area contributed by atoms with Gasteiger partial charge in [0.15, 0.2) is 6.61 Å². The lowest BCUT2D eigenvalue weighted by Crippen LogP contribution is -2.21. The fourth-order valence-corrected chi connectivity index (χ4v) is 4.85. The summed E-state index contributed by atoms with van der Waals surface area (Å²) in [6.45, 7) is -0.0831. The minimum absolute atomic E-state index is 0.0428. The smallest absolute Gasteiger partial charge is 0.349 e. The first-order chi connectivity index (χ1) is 19.8. The van der Waals surface area contributed by atoms with Gasteiger partial charge >= 0.3 is 5.97 Å². The second kappa shape index (κ2) is 12.4. The van der Waals surface area contributed by atoms with Crippen LogP contribution in [-0.2, 0) is 11.4 Å². The molecule has 4 aromatic rings. The van der Waals surface area contributed by atoms with Crippen molar-refractivity contribution in [3.05, 3.63) is 128 Å². The maximum atomic E-state index is 12.4. The molecule has 0 aromatic heterocycles. The Labute approximate surface area is 251 Å². The van der Waals surface area contributed by atoms with Crippen molar-refractivity contribution in [1.29, 1.82) is 5.26 Å². The summed E-state index contributed by atoms with van der Waals surface area (Å²) < 4.78 is 22.6. The summed E-state index contributed by atoms with van der Waals surface area (Å²) in [5.74, 6) is 0.449. The van der Waals surface area contributed by atoms with Gasteiger partial charge in [0.05, 0.1) is 5.92 Å². The van der Waals surface area contributed by atoms with Crippen molar-refractivity contribution in [3.8, 4) is 29.1 Å². The fraction of sp³-hybridized carbons (Fsp3) is 0.0968. The monoisotopic (exact) mass is 606 g/mol. The zero-order valence-electron chi connectivity index (χ0n) is 21.3. The van der Waals surface area contributed by atoms with Gasteiger partial charge < -0.3 is 24.7 Å². The van der Waals surface area contributed by atoms with E-state index in [2.05, 4.69) is 6.07 Å². The highest BCUT2D eigenvalue weighted by Gasteiger charge is 2.31. The lowest BCUT2D eigenvalue weighted by molar-refractivity contribution is -0.136. The van der Waals surface area contributed by atoms with Crippen LogP contribution < -0.4 is 24.7 Å². The van der Waals surface area contributed by atoms with Gasteiger partial charge in [-0.25, -0.2) is 4.79 Å². The number of hydrogen-bond donors (Lipinski definition) is 1. The number of nitriles is 1. The molecule has 2 N–H and O–H groups in total. The standard InChI is InChI=1S/C31H21Cl3N2O5/c32-20-6-8-22(9-7-20)39-17-29(37)40-24-10-11-25-28(14-24)41-31(36)26(15-35)30(25)18-2-1-3-23(12-18)38-16-19-4-5-21(33)13-27(19)34/h1-14,30H,16-17,36H2. The van der Waals surface area contributed by atoms with E-state index in [9.17, 15) is 10.1 Å². The van der Waals surface area contributed by atoms with E-state index >= 15 is 0 Å². The third-order valence-corrected chi connectivity index (χ3v) is 7.03. The van der Waals surface area contributed by atoms with Crippen molar-refractivity contribution in [2.45, 2.75) is 12.5 Å².